The first-order valence-electron chi connectivity index (χ1n) is 9.76. The number of hydroxylamine groups is 2. The molecule has 4 heterocycles. The van der Waals surface area contributed by atoms with Crippen molar-refractivity contribution < 1.29 is 14.4 Å². The molecule has 0 aromatic carbocycles. The summed E-state index contributed by atoms with van der Waals surface area (Å²) in [5, 5.41) is 10.4. The Bertz CT molecular complexity index is 981. The average molecular weight is 407 g/mol. The van der Waals surface area contributed by atoms with E-state index in [0.29, 0.717) is 56.2 Å². The smallest absolute Gasteiger partial charge is 0.267 e. The molecule has 2 aromatic heterocycles. The largest absolute Gasteiger partial charge is 0.364 e. The third-order valence-corrected chi connectivity index (χ3v) is 5.40. The van der Waals surface area contributed by atoms with Crippen LogP contribution in [0, 0.1) is 17.2 Å². The zero-order valence-corrected chi connectivity index (χ0v) is 16.3. The highest BCUT2D eigenvalue weighted by Crippen LogP contribution is 2.33. The number of piperidine rings is 1. The first-order valence-corrected chi connectivity index (χ1v) is 9.76. The molecular formula is C20H21N7O3. The first kappa shape index (κ1) is 19.7. The Morgan fingerprint density at radius 3 is 2.63 bits per heavy atom. The summed E-state index contributed by atoms with van der Waals surface area (Å²) >= 11 is 0. The van der Waals surface area contributed by atoms with E-state index in [1.165, 1.54) is 23.5 Å². The molecule has 2 N–H and O–H groups in total. The van der Waals surface area contributed by atoms with Crippen LogP contribution in [0.3, 0.4) is 0 Å². The number of anilines is 1. The van der Waals surface area contributed by atoms with Gasteiger partial charge in [-0.2, -0.15) is 5.26 Å². The van der Waals surface area contributed by atoms with E-state index in [4.69, 9.17) is 15.8 Å². The van der Waals surface area contributed by atoms with Gasteiger partial charge in [0.15, 0.2) is 0 Å². The number of carbonyl (C=O) groups is 2. The van der Waals surface area contributed by atoms with Gasteiger partial charge < -0.3 is 10.6 Å². The van der Waals surface area contributed by atoms with Crippen molar-refractivity contribution >= 4 is 17.8 Å². The second kappa shape index (κ2) is 8.42. The number of hydrogen-bond donors (Lipinski definition) is 1. The van der Waals surface area contributed by atoms with Crippen molar-refractivity contribution in [2.75, 3.05) is 24.6 Å². The number of amides is 2. The Labute approximate surface area is 173 Å². The van der Waals surface area contributed by atoms with Gasteiger partial charge in [-0.15, -0.1) is 0 Å². The highest BCUT2D eigenvalue weighted by atomic mass is 16.7. The summed E-state index contributed by atoms with van der Waals surface area (Å²) in [6.07, 6.45) is 4.92. The van der Waals surface area contributed by atoms with E-state index in [-0.39, 0.29) is 23.6 Å². The molecule has 2 aliphatic heterocycles. The van der Waals surface area contributed by atoms with Gasteiger partial charge >= 0.3 is 0 Å². The molecule has 2 aliphatic rings. The summed E-state index contributed by atoms with van der Waals surface area (Å²) in [4.78, 5) is 44.8. The molecular weight excluding hydrogens is 386 g/mol. The Balaban J connectivity index is 1.40. The van der Waals surface area contributed by atoms with Gasteiger partial charge in [-0.05, 0) is 31.0 Å². The molecule has 4 rings (SSSR count). The van der Waals surface area contributed by atoms with Crippen LogP contribution in [0.5, 0.6) is 0 Å². The summed E-state index contributed by atoms with van der Waals surface area (Å²) in [6, 6.07) is 6.73. The van der Waals surface area contributed by atoms with Crippen LogP contribution in [0.2, 0.25) is 0 Å². The molecule has 0 spiro atoms. The number of nitrogens with zero attached hydrogens (tertiary/aromatic N) is 6. The average Bonchev–Trinajstić information content (AvgIpc) is 3.29. The van der Waals surface area contributed by atoms with E-state index in [1.807, 2.05) is 11.0 Å². The maximum Gasteiger partial charge on any atom is 0.267 e. The van der Waals surface area contributed by atoms with Crippen molar-refractivity contribution in [1.82, 2.24) is 20.0 Å². The van der Waals surface area contributed by atoms with Gasteiger partial charge in [0.2, 0.25) is 11.9 Å². The van der Waals surface area contributed by atoms with Crippen molar-refractivity contribution in [3.63, 3.8) is 0 Å². The summed E-state index contributed by atoms with van der Waals surface area (Å²) < 4.78 is 0. The summed E-state index contributed by atoms with van der Waals surface area (Å²) in [7, 11) is 0. The number of rotatable bonds is 4. The lowest BCUT2D eigenvalue weighted by molar-refractivity contribution is -0.182. The first-order chi connectivity index (χ1) is 14.6. The number of pyridine rings is 1. The van der Waals surface area contributed by atoms with Crippen molar-refractivity contribution in [1.29, 1.82) is 5.26 Å². The normalized spacial score (nSPS) is 19.5. The van der Waals surface area contributed by atoms with Crippen molar-refractivity contribution in [3.8, 4) is 6.07 Å². The molecule has 1 atom stereocenters. The maximum absolute atomic E-state index is 13.1. The van der Waals surface area contributed by atoms with Crippen LogP contribution >= 0.6 is 0 Å². The number of nitriles is 1. The van der Waals surface area contributed by atoms with Crippen molar-refractivity contribution in [3.05, 3.63) is 47.5 Å². The highest BCUT2D eigenvalue weighted by Gasteiger charge is 2.37. The Hall–Kier alpha value is -3.58. The number of hydrogen-bond acceptors (Lipinski definition) is 8. The Morgan fingerprint density at radius 1 is 1.17 bits per heavy atom. The van der Waals surface area contributed by atoms with Crippen LogP contribution in [0.15, 0.2) is 30.6 Å². The number of nitrogens with two attached hydrogens (primary N) is 1. The minimum atomic E-state index is -0.600. The molecule has 154 valence electrons. The van der Waals surface area contributed by atoms with E-state index in [2.05, 4.69) is 15.0 Å². The third kappa shape index (κ3) is 3.92. The fourth-order valence-corrected chi connectivity index (χ4v) is 3.77. The maximum atomic E-state index is 13.1. The lowest BCUT2D eigenvalue weighted by Crippen LogP contribution is -2.42. The molecule has 10 nitrogen and oxygen atoms in total. The second-order valence-electron chi connectivity index (χ2n) is 7.25. The molecule has 2 fully saturated rings. The third-order valence-electron chi connectivity index (χ3n) is 5.40. The number of carbonyl (C=O) groups excluding carboxylic acids is 2. The van der Waals surface area contributed by atoms with Gasteiger partial charge in [0.1, 0.15) is 17.8 Å². The Kier molecular flexibility index (Phi) is 5.54. The van der Waals surface area contributed by atoms with Crippen LogP contribution in [0.4, 0.5) is 5.95 Å². The molecule has 0 aliphatic carbocycles. The molecule has 10 heteroatoms. The minimum absolute atomic E-state index is 0.0601. The SMILES string of the molecule is N#Cc1ccc([C@@H]2CCON2C(=O)C2CCN(c3nccc(C(N)=O)n3)CC2)nc1. The highest BCUT2D eigenvalue weighted by molar-refractivity contribution is 5.90. The minimum Gasteiger partial charge on any atom is -0.364 e. The summed E-state index contributed by atoms with van der Waals surface area (Å²) in [5.41, 5.74) is 6.65. The molecule has 0 unspecified atom stereocenters. The van der Waals surface area contributed by atoms with Crippen molar-refractivity contribution in [2.24, 2.45) is 11.7 Å². The van der Waals surface area contributed by atoms with E-state index >= 15 is 0 Å². The predicted molar refractivity (Wildman–Crippen MR) is 105 cm³/mol. The van der Waals surface area contributed by atoms with Crippen LogP contribution in [-0.4, -0.2) is 51.5 Å². The van der Waals surface area contributed by atoms with Crippen molar-refractivity contribution in [2.45, 2.75) is 25.3 Å². The van der Waals surface area contributed by atoms with Crippen LogP contribution in [0.1, 0.15) is 47.1 Å². The molecule has 2 amide bonds. The second-order valence-corrected chi connectivity index (χ2v) is 7.25. The number of aromatic nitrogens is 3. The zero-order valence-electron chi connectivity index (χ0n) is 16.3. The lowest BCUT2D eigenvalue weighted by atomic mass is 9.95. The molecule has 0 saturated carbocycles. The van der Waals surface area contributed by atoms with Gasteiger partial charge in [-0.3, -0.25) is 19.4 Å². The van der Waals surface area contributed by atoms with E-state index in [0.717, 1.165) is 0 Å². The summed E-state index contributed by atoms with van der Waals surface area (Å²) in [6.45, 7) is 1.63. The standard InChI is InChI=1S/C20H21N7O3/c21-11-13-1-2-15(24-12-13)17-6-10-30-27(17)19(29)14-4-8-26(9-5-14)20-23-7-3-16(25-20)18(22)28/h1-3,7,12,14,17H,4-6,8-10H2,(H2,22,28)/t17-/m0/s1. The van der Waals surface area contributed by atoms with Gasteiger partial charge in [-0.1, -0.05) is 0 Å². The van der Waals surface area contributed by atoms with E-state index < -0.39 is 5.91 Å². The quantitative estimate of drug-likeness (QED) is 0.791. The predicted octanol–water partition coefficient (Wildman–Crippen LogP) is 0.964. The topological polar surface area (TPSA) is 138 Å². The molecule has 2 saturated heterocycles. The van der Waals surface area contributed by atoms with E-state index in [9.17, 15) is 9.59 Å². The van der Waals surface area contributed by atoms with Gasteiger partial charge in [0.25, 0.3) is 5.91 Å². The van der Waals surface area contributed by atoms with Gasteiger partial charge in [-0.25, -0.2) is 15.0 Å². The van der Waals surface area contributed by atoms with E-state index in [1.54, 1.807) is 12.1 Å². The lowest BCUT2D eigenvalue weighted by Gasteiger charge is -2.33. The fourth-order valence-electron chi connectivity index (χ4n) is 3.77. The number of primary amides is 1. The van der Waals surface area contributed by atoms with Crippen LogP contribution in [0.25, 0.3) is 0 Å². The van der Waals surface area contributed by atoms with Crippen LogP contribution < -0.4 is 10.6 Å². The molecule has 30 heavy (non-hydrogen) atoms. The monoisotopic (exact) mass is 407 g/mol. The molecule has 0 bridgehead atoms. The summed E-state index contributed by atoms with van der Waals surface area (Å²) in [5.74, 6) is -0.402. The molecule has 0 radical (unpaired) electrons. The zero-order chi connectivity index (χ0) is 21.1. The van der Waals surface area contributed by atoms with Gasteiger partial charge in [0, 0.05) is 37.8 Å². The fraction of sp³-hybridized carbons (Fsp3) is 0.400. The van der Waals surface area contributed by atoms with Crippen LogP contribution in [-0.2, 0) is 9.63 Å². The molecule has 2 aromatic rings. The van der Waals surface area contributed by atoms with Gasteiger partial charge in [0.05, 0.1) is 17.9 Å². The Morgan fingerprint density at radius 2 is 1.97 bits per heavy atom.